The smallest absolute Gasteiger partial charge is 0.416 e. The number of carbonyl (C=O) groups is 2. The van der Waals surface area contributed by atoms with Crippen molar-refractivity contribution in [2.45, 2.75) is 19.2 Å². The molecule has 2 heterocycles. The van der Waals surface area contributed by atoms with Gasteiger partial charge < -0.3 is 15.0 Å². The summed E-state index contributed by atoms with van der Waals surface area (Å²) in [6.07, 6.45) is -5.71. The number of alkyl halides is 3. The first-order valence-electron chi connectivity index (χ1n) is 8.31. The number of esters is 1. The highest BCUT2D eigenvalue weighted by Crippen LogP contribution is 2.34. The van der Waals surface area contributed by atoms with E-state index in [1.165, 1.54) is 30.4 Å². The molecule has 0 spiro atoms. The molecule has 1 atom stereocenters. The van der Waals surface area contributed by atoms with E-state index in [0.717, 1.165) is 33.3 Å². The maximum absolute atomic E-state index is 12.8. The molecule has 3 aromatic rings. The van der Waals surface area contributed by atoms with E-state index in [2.05, 4.69) is 10.3 Å². The Morgan fingerprint density at radius 3 is 2.55 bits per heavy atom. The second-order valence-electron chi connectivity index (χ2n) is 6.29. The second kappa shape index (κ2) is 7.99. The van der Waals surface area contributed by atoms with Gasteiger partial charge in [0.2, 0.25) is 0 Å². The normalized spacial score (nSPS) is 12.6. The molecule has 1 unspecified atom stereocenters. The van der Waals surface area contributed by atoms with Gasteiger partial charge in [-0.1, -0.05) is 17.4 Å². The molecule has 1 N–H and O–H groups in total. The number of nitrogens with zero attached hydrogens (tertiary/aromatic N) is 2. The molecule has 0 aliphatic rings. The number of aromatic nitrogens is 1. The lowest BCUT2D eigenvalue weighted by atomic mass is 10.2. The van der Waals surface area contributed by atoms with Crippen LogP contribution >= 0.6 is 22.7 Å². The number of rotatable bonds is 5. The summed E-state index contributed by atoms with van der Waals surface area (Å²) >= 11 is 2.57. The maximum Gasteiger partial charge on any atom is 0.416 e. The van der Waals surface area contributed by atoms with Gasteiger partial charge in [-0.2, -0.15) is 13.2 Å². The number of thiophene rings is 1. The second-order valence-corrected chi connectivity index (χ2v) is 8.33. The lowest BCUT2D eigenvalue weighted by Gasteiger charge is -2.14. The van der Waals surface area contributed by atoms with Crippen molar-refractivity contribution in [1.82, 2.24) is 4.98 Å². The number of ether oxygens (including phenoxy) is 1. The fourth-order valence-electron chi connectivity index (χ4n) is 2.30. The molecule has 0 saturated carbocycles. The molecule has 0 saturated heterocycles. The molecular weight excluding hydrogens is 427 g/mol. The first-order chi connectivity index (χ1) is 13.5. The Morgan fingerprint density at radius 1 is 1.21 bits per heavy atom. The van der Waals surface area contributed by atoms with Gasteiger partial charge in [0.1, 0.15) is 9.71 Å². The van der Waals surface area contributed by atoms with Crippen LogP contribution in [0, 0.1) is 0 Å². The molecule has 11 heteroatoms. The Balaban J connectivity index is 1.65. The van der Waals surface area contributed by atoms with E-state index < -0.39 is 29.7 Å². The van der Waals surface area contributed by atoms with Crippen LogP contribution in [-0.2, 0) is 15.7 Å². The number of amides is 1. The van der Waals surface area contributed by atoms with Gasteiger partial charge >= 0.3 is 12.1 Å². The molecule has 0 aliphatic heterocycles. The number of hydrogen-bond acceptors (Lipinski definition) is 7. The van der Waals surface area contributed by atoms with E-state index in [1.807, 2.05) is 19.0 Å². The van der Waals surface area contributed by atoms with Gasteiger partial charge in [-0.15, -0.1) is 11.3 Å². The quantitative estimate of drug-likeness (QED) is 0.583. The van der Waals surface area contributed by atoms with Gasteiger partial charge in [-0.3, -0.25) is 4.79 Å². The fraction of sp³-hybridized carbons (Fsp3) is 0.278. The molecule has 29 heavy (non-hydrogen) atoms. The van der Waals surface area contributed by atoms with Gasteiger partial charge in [-0.25, -0.2) is 9.78 Å². The largest absolute Gasteiger partial charge is 0.448 e. The first kappa shape index (κ1) is 21.1. The summed E-state index contributed by atoms with van der Waals surface area (Å²) in [5, 5.41) is 3.13. The molecule has 0 fully saturated rings. The summed E-state index contributed by atoms with van der Waals surface area (Å²) in [6.45, 7) is 1.35. The van der Waals surface area contributed by atoms with Crippen molar-refractivity contribution in [3.05, 3.63) is 40.8 Å². The summed E-state index contributed by atoms with van der Waals surface area (Å²) < 4.78 is 44.3. The van der Waals surface area contributed by atoms with E-state index in [4.69, 9.17) is 4.74 Å². The van der Waals surface area contributed by atoms with E-state index in [-0.39, 0.29) is 5.69 Å². The van der Waals surface area contributed by atoms with Gasteiger partial charge in [0.25, 0.3) is 5.91 Å². The van der Waals surface area contributed by atoms with Crippen LogP contribution in [0.15, 0.2) is 30.3 Å². The monoisotopic (exact) mass is 443 g/mol. The highest BCUT2D eigenvalue weighted by atomic mass is 32.1. The highest BCUT2D eigenvalue weighted by Gasteiger charge is 2.30. The third-order valence-electron chi connectivity index (χ3n) is 3.77. The van der Waals surface area contributed by atoms with E-state index in [1.54, 1.807) is 6.07 Å². The molecular formula is C18H16F3N3O3S2. The minimum absolute atomic E-state index is 0.0372. The van der Waals surface area contributed by atoms with Crippen molar-refractivity contribution in [1.29, 1.82) is 0 Å². The topological polar surface area (TPSA) is 71.5 Å². The number of fused-ring (bicyclic) bond motifs is 1. The predicted octanol–water partition coefficient (Wildman–Crippen LogP) is 4.63. The number of carbonyl (C=O) groups excluding carboxylic acids is 2. The minimum atomic E-state index is -4.52. The molecule has 6 nitrogen and oxygen atoms in total. The van der Waals surface area contributed by atoms with Gasteiger partial charge in [-0.05, 0) is 31.2 Å². The van der Waals surface area contributed by atoms with Crippen molar-refractivity contribution in [3.63, 3.8) is 0 Å². The van der Waals surface area contributed by atoms with Crippen LogP contribution in [-0.4, -0.2) is 37.1 Å². The number of thiazole rings is 1. The summed E-state index contributed by atoms with van der Waals surface area (Å²) in [5.41, 5.74) is -0.923. The average Bonchev–Trinajstić information content (AvgIpc) is 3.20. The summed E-state index contributed by atoms with van der Waals surface area (Å²) in [7, 11) is 3.73. The van der Waals surface area contributed by atoms with E-state index in [0.29, 0.717) is 9.71 Å². The lowest BCUT2D eigenvalue weighted by molar-refractivity contribution is -0.137. The zero-order valence-electron chi connectivity index (χ0n) is 15.5. The third-order valence-corrected chi connectivity index (χ3v) is 6.08. The zero-order valence-corrected chi connectivity index (χ0v) is 17.2. The molecule has 1 aromatic carbocycles. The predicted molar refractivity (Wildman–Crippen MR) is 107 cm³/mol. The fourth-order valence-corrected chi connectivity index (χ4v) is 4.32. The van der Waals surface area contributed by atoms with E-state index >= 15 is 0 Å². The maximum atomic E-state index is 12.8. The Hall–Kier alpha value is -2.66. The van der Waals surface area contributed by atoms with Gasteiger partial charge in [0.15, 0.2) is 11.2 Å². The molecule has 1 amide bonds. The molecule has 0 bridgehead atoms. The average molecular weight is 443 g/mol. The van der Waals surface area contributed by atoms with E-state index in [9.17, 15) is 22.8 Å². The van der Waals surface area contributed by atoms with Crippen molar-refractivity contribution in [3.8, 4) is 0 Å². The summed E-state index contributed by atoms with van der Waals surface area (Å²) in [6, 6.07) is 5.86. The molecule has 3 rings (SSSR count). The number of halogens is 3. The zero-order chi connectivity index (χ0) is 21.3. The van der Waals surface area contributed by atoms with Crippen molar-refractivity contribution < 1.29 is 27.5 Å². The Bertz CT molecular complexity index is 1030. The Kier molecular flexibility index (Phi) is 5.80. The van der Waals surface area contributed by atoms with Gasteiger partial charge in [0, 0.05) is 19.8 Å². The molecule has 0 radical (unpaired) electrons. The van der Waals surface area contributed by atoms with Crippen LogP contribution in [0.3, 0.4) is 0 Å². The SMILES string of the molecule is CC(OC(=O)c1cc2sc(N(C)C)nc2s1)C(=O)Nc1cccc(C(F)(F)F)c1. The number of hydrogen-bond donors (Lipinski definition) is 1. The minimum Gasteiger partial charge on any atom is -0.448 e. The molecule has 0 aliphatic carbocycles. The van der Waals surface area contributed by atoms with Crippen molar-refractivity contribution in [2.75, 3.05) is 24.3 Å². The molecule has 2 aromatic heterocycles. The van der Waals surface area contributed by atoms with Crippen molar-refractivity contribution in [2.24, 2.45) is 0 Å². The number of benzene rings is 1. The Morgan fingerprint density at radius 2 is 1.93 bits per heavy atom. The first-order valence-corrected chi connectivity index (χ1v) is 9.94. The standard InChI is InChI=1S/C18H16F3N3O3S2/c1-9(14(25)22-11-6-4-5-10(7-11)18(19,20)21)27-16(26)13-8-12-15(28-13)23-17(29-12)24(2)3/h4-9H,1-3H3,(H,22,25). The van der Waals surface area contributed by atoms with Crippen LogP contribution < -0.4 is 10.2 Å². The summed E-state index contributed by atoms with van der Waals surface area (Å²) in [4.78, 5) is 31.7. The van der Waals surface area contributed by atoms with Crippen LogP contribution in [0.1, 0.15) is 22.2 Å². The molecule has 154 valence electrons. The number of anilines is 2. The van der Waals surface area contributed by atoms with Gasteiger partial charge in [0.05, 0.1) is 10.3 Å². The highest BCUT2D eigenvalue weighted by molar-refractivity contribution is 7.29. The van der Waals surface area contributed by atoms with Crippen LogP contribution in [0.5, 0.6) is 0 Å². The lowest BCUT2D eigenvalue weighted by Crippen LogP contribution is -2.29. The van der Waals surface area contributed by atoms with Crippen LogP contribution in [0.25, 0.3) is 9.53 Å². The third kappa shape index (κ3) is 4.85. The summed E-state index contributed by atoms with van der Waals surface area (Å²) in [5.74, 6) is -1.43. The number of nitrogens with one attached hydrogen (secondary N) is 1. The van der Waals surface area contributed by atoms with Crippen LogP contribution in [0.4, 0.5) is 24.0 Å². The van der Waals surface area contributed by atoms with Crippen molar-refractivity contribution >= 4 is 54.9 Å². The Labute approximate surface area is 171 Å². The van der Waals surface area contributed by atoms with Crippen LogP contribution in [0.2, 0.25) is 0 Å².